The van der Waals surface area contributed by atoms with Crippen molar-refractivity contribution in [3.8, 4) is 0 Å². The van der Waals surface area contributed by atoms with Crippen molar-refractivity contribution in [1.29, 1.82) is 0 Å². The summed E-state index contributed by atoms with van der Waals surface area (Å²) in [5.41, 5.74) is 3.23. The number of nitrogens with one attached hydrogen (secondary N) is 1. The van der Waals surface area contributed by atoms with Crippen molar-refractivity contribution in [3.63, 3.8) is 0 Å². The van der Waals surface area contributed by atoms with Gasteiger partial charge in [-0.15, -0.1) is 11.6 Å². The molecular formula is C18H25ClN2O3S. The maximum absolute atomic E-state index is 12.6. The van der Waals surface area contributed by atoms with Gasteiger partial charge in [0.2, 0.25) is 0 Å². The SMILES string of the molecule is CC(=O)SCC1CNCCN1CC(Cl)C1C(=O)CC2=COCC2=C1C. The van der Waals surface area contributed by atoms with Crippen LogP contribution in [0.25, 0.3) is 0 Å². The molecule has 2 aliphatic heterocycles. The number of fused-ring (bicyclic) bond motifs is 1. The molecule has 25 heavy (non-hydrogen) atoms. The van der Waals surface area contributed by atoms with E-state index in [2.05, 4.69) is 10.2 Å². The Balaban J connectivity index is 1.68. The van der Waals surface area contributed by atoms with Gasteiger partial charge in [0, 0.05) is 56.9 Å². The summed E-state index contributed by atoms with van der Waals surface area (Å²) in [6.45, 7) is 7.47. The molecule has 2 heterocycles. The van der Waals surface area contributed by atoms with Crippen LogP contribution in [0.4, 0.5) is 0 Å². The van der Waals surface area contributed by atoms with Crippen LogP contribution >= 0.6 is 23.4 Å². The second kappa shape index (κ2) is 8.25. The number of hydrogen-bond donors (Lipinski definition) is 1. The van der Waals surface area contributed by atoms with Crippen molar-refractivity contribution in [3.05, 3.63) is 23.0 Å². The van der Waals surface area contributed by atoms with E-state index in [-0.39, 0.29) is 28.2 Å². The lowest BCUT2D eigenvalue weighted by Gasteiger charge is -2.39. The van der Waals surface area contributed by atoms with Gasteiger partial charge in [0.05, 0.1) is 17.6 Å². The zero-order valence-electron chi connectivity index (χ0n) is 14.7. The highest BCUT2D eigenvalue weighted by atomic mass is 35.5. The molecule has 0 radical (unpaired) electrons. The predicted octanol–water partition coefficient (Wildman–Crippen LogP) is 1.97. The smallest absolute Gasteiger partial charge is 0.185 e. The van der Waals surface area contributed by atoms with Crippen molar-refractivity contribution >= 4 is 34.3 Å². The molecule has 1 aliphatic carbocycles. The van der Waals surface area contributed by atoms with Gasteiger partial charge in [0.1, 0.15) is 12.4 Å². The molecule has 7 heteroatoms. The third kappa shape index (κ3) is 4.30. The number of carbonyl (C=O) groups excluding carboxylic acids is 2. The predicted molar refractivity (Wildman–Crippen MR) is 101 cm³/mol. The monoisotopic (exact) mass is 384 g/mol. The fourth-order valence-corrected chi connectivity index (χ4v) is 5.12. The third-order valence-electron chi connectivity index (χ3n) is 5.22. The van der Waals surface area contributed by atoms with Gasteiger partial charge in [-0.1, -0.05) is 17.3 Å². The van der Waals surface area contributed by atoms with Crippen LogP contribution in [0.15, 0.2) is 23.0 Å². The van der Waals surface area contributed by atoms with Gasteiger partial charge in [-0.05, 0) is 12.5 Å². The maximum Gasteiger partial charge on any atom is 0.185 e. The Hall–Kier alpha value is -0.820. The van der Waals surface area contributed by atoms with Gasteiger partial charge < -0.3 is 10.1 Å². The number of alkyl halides is 1. The van der Waals surface area contributed by atoms with Gasteiger partial charge in [-0.25, -0.2) is 0 Å². The minimum Gasteiger partial charge on any atom is -0.496 e. The number of hydrogen-bond acceptors (Lipinski definition) is 6. The zero-order valence-corrected chi connectivity index (χ0v) is 16.3. The number of ketones is 1. The molecule has 1 fully saturated rings. The van der Waals surface area contributed by atoms with Gasteiger partial charge in [0.25, 0.3) is 0 Å². The second-order valence-corrected chi connectivity index (χ2v) is 8.67. The average molecular weight is 385 g/mol. The van der Waals surface area contributed by atoms with E-state index < -0.39 is 0 Å². The molecule has 3 rings (SSSR count). The van der Waals surface area contributed by atoms with Crippen LogP contribution in [-0.4, -0.2) is 65.8 Å². The fourth-order valence-electron chi connectivity index (χ4n) is 3.86. The van der Waals surface area contributed by atoms with E-state index in [9.17, 15) is 9.59 Å². The van der Waals surface area contributed by atoms with Crippen LogP contribution in [0.2, 0.25) is 0 Å². The van der Waals surface area contributed by atoms with Gasteiger partial charge in [-0.3, -0.25) is 14.5 Å². The van der Waals surface area contributed by atoms with E-state index in [1.807, 2.05) is 6.92 Å². The summed E-state index contributed by atoms with van der Waals surface area (Å²) in [6.07, 6.45) is 2.13. The molecule has 0 saturated carbocycles. The highest BCUT2D eigenvalue weighted by Crippen LogP contribution is 2.38. The van der Waals surface area contributed by atoms with Crippen molar-refractivity contribution in [1.82, 2.24) is 10.2 Å². The van der Waals surface area contributed by atoms with Crippen LogP contribution < -0.4 is 5.32 Å². The molecule has 0 aromatic rings. The Kier molecular flexibility index (Phi) is 6.25. The lowest BCUT2D eigenvalue weighted by molar-refractivity contribution is -0.121. The molecule has 1 saturated heterocycles. The van der Waals surface area contributed by atoms with E-state index >= 15 is 0 Å². The highest BCUT2D eigenvalue weighted by molar-refractivity contribution is 8.13. The first-order chi connectivity index (χ1) is 12.0. The van der Waals surface area contributed by atoms with E-state index in [0.29, 0.717) is 19.6 Å². The molecule has 0 spiro atoms. The lowest BCUT2D eigenvalue weighted by atomic mass is 9.78. The summed E-state index contributed by atoms with van der Waals surface area (Å²) in [5, 5.41) is 3.26. The number of carbonyl (C=O) groups is 2. The van der Waals surface area contributed by atoms with Crippen molar-refractivity contribution in [2.24, 2.45) is 5.92 Å². The summed E-state index contributed by atoms with van der Waals surface area (Å²) >= 11 is 8.10. The highest BCUT2D eigenvalue weighted by Gasteiger charge is 2.38. The molecule has 1 N–H and O–H groups in total. The maximum atomic E-state index is 12.6. The number of allylic oxidation sites excluding steroid dienone is 1. The summed E-state index contributed by atoms with van der Waals surface area (Å²) in [5.74, 6) is 0.694. The molecule has 0 amide bonds. The molecule has 5 nitrogen and oxygen atoms in total. The Morgan fingerprint density at radius 3 is 3.12 bits per heavy atom. The molecule has 3 unspecified atom stereocenters. The van der Waals surface area contributed by atoms with E-state index in [4.69, 9.17) is 16.3 Å². The zero-order chi connectivity index (χ0) is 18.0. The first-order valence-electron chi connectivity index (χ1n) is 8.73. The van der Waals surface area contributed by atoms with E-state index in [1.165, 1.54) is 11.8 Å². The first-order valence-corrected chi connectivity index (χ1v) is 10.1. The first kappa shape index (κ1) is 19.0. The molecule has 0 aromatic heterocycles. The summed E-state index contributed by atoms with van der Waals surface area (Å²) < 4.78 is 5.39. The van der Waals surface area contributed by atoms with Gasteiger partial charge in [0.15, 0.2) is 5.12 Å². The molecule has 0 bridgehead atoms. The van der Waals surface area contributed by atoms with Crippen LogP contribution in [0.1, 0.15) is 20.3 Å². The number of halogens is 1. The topological polar surface area (TPSA) is 58.6 Å². The number of ether oxygens (including phenoxy) is 1. The molecule has 0 aromatic carbocycles. The fraction of sp³-hybridized carbons (Fsp3) is 0.667. The standard InChI is InChI=1S/C18H25ClN2O3S/c1-11-15-9-24-8-13(15)5-17(23)18(11)16(19)7-21-4-3-20-6-14(21)10-25-12(2)22/h8,14,16,18,20H,3-7,9-10H2,1-2H3. The van der Waals surface area contributed by atoms with Crippen molar-refractivity contribution in [2.75, 3.05) is 38.5 Å². The second-order valence-electron chi connectivity index (χ2n) is 6.91. The average Bonchev–Trinajstić information content (AvgIpc) is 3.02. The van der Waals surface area contributed by atoms with Crippen LogP contribution in [0, 0.1) is 5.92 Å². The number of Topliss-reactive ketones (excluding diaryl/α,β-unsaturated/α-hetero) is 1. The summed E-state index contributed by atoms with van der Waals surface area (Å²) in [4.78, 5) is 26.2. The Morgan fingerprint density at radius 2 is 2.36 bits per heavy atom. The molecule has 138 valence electrons. The largest absolute Gasteiger partial charge is 0.496 e. The Bertz CT molecular complexity index is 619. The quantitative estimate of drug-likeness (QED) is 0.731. The number of rotatable bonds is 5. The third-order valence-corrected chi connectivity index (χ3v) is 6.56. The van der Waals surface area contributed by atoms with Gasteiger partial charge in [-0.2, -0.15) is 0 Å². The van der Waals surface area contributed by atoms with Crippen LogP contribution in [0.3, 0.4) is 0 Å². The minimum atomic E-state index is -0.259. The van der Waals surface area contributed by atoms with Crippen LogP contribution in [-0.2, 0) is 14.3 Å². The molecular weight excluding hydrogens is 360 g/mol. The number of nitrogens with zero attached hydrogens (tertiary/aromatic N) is 1. The Labute approximate surface area is 158 Å². The Morgan fingerprint density at radius 1 is 1.56 bits per heavy atom. The summed E-state index contributed by atoms with van der Waals surface area (Å²) in [7, 11) is 0. The number of piperazine rings is 1. The molecule has 3 aliphatic rings. The van der Waals surface area contributed by atoms with E-state index in [1.54, 1.807) is 13.2 Å². The van der Waals surface area contributed by atoms with Crippen molar-refractivity contribution < 1.29 is 14.3 Å². The minimum absolute atomic E-state index is 0.136. The van der Waals surface area contributed by atoms with E-state index in [0.717, 1.165) is 42.1 Å². The normalized spacial score (nSPS) is 28.4. The summed E-state index contributed by atoms with van der Waals surface area (Å²) in [6, 6.07) is 0.265. The van der Waals surface area contributed by atoms with Gasteiger partial charge >= 0.3 is 0 Å². The molecule has 3 atom stereocenters. The lowest BCUT2D eigenvalue weighted by Crippen LogP contribution is -2.55. The number of thioether (sulfide) groups is 1. The van der Waals surface area contributed by atoms with Crippen LogP contribution in [0.5, 0.6) is 0 Å². The van der Waals surface area contributed by atoms with Crippen molar-refractivity contribution in [2.45, 2.75) is 31.7 Å².